The molecule has 1 atom stereocenters. The lowest BCUT2D eigenvalue weighted by atomic mass is 10.3. The minimum absolute atomic E-state index is 0.348. The van der Waals surface area contributed by atoms with E-state index in [0.717, 1.165) is 0 Å². The first-order valence-corrected chi connectivity index (χ1v) is 5.39. The third-order valence-electron chi connectivity index (χ3n) is 2.03. The van der Waals surface area contributed by atoms with Gasteiger partial charge in [-0.2, -0.15) is 4.98 Å². The Balaban J connectivity index is 2.80. The second-order valence-electron chi connectivity index (χ2n) is 3.46. The number of hydrogen-bond acceptors (Lipinski definition) is 6. The van der Waals surface area contributed by atoms with Crippen molar-refractivity contribution in [2.45, 2.75) is 26.8 Å². The van der Waals surface area contributed by atoms with E-state index in [1.54, 1.807) is 19.9 Å². The van der Waals surface area contributed by atoms with Crippen LogP contribution in [0, 0.1) is 6.92 Å². The minimum Gasteiger partial charge on any atom is -0.478 e. The SMILES string of the molecule is CCOc1cc(NC(C)C(=O)OC)nc(C)n1. The Morgan fingerprint density at radius 1 is 1.53 bits per heavy atom. The van der Waals surface area contributed by atoms with Crippen LogP contribution in [0.15, 0.2) is 6.07 Å². The number of carbonyl (C=O) groups is 1. The molecule has 0 bridgehead atoms. The summed E-state index contributed by atoms with van der Waals surface area (Å²) in [6.45, 7) is 5.87. The smallest absolute Gasteiger partial charge is 0.328 e. The fraction of sp³-hybridized carbons (Fsp3) is 0.545. The van der Waals surface area contributed by atoms with Gasteiger partial charge in [-0.15, -0.1) is 0 Å². The first-order valence-electron chi connectivity index (χ1n) is 5.39. The highest BCUT2D eigenvalue weighted by Crippen LogP contribution is 2.14. The van der Waals surface area contributed by atoms with Crippen molar-refractivity contribution in [2.75, 3.05) is 19.0 Å². The van der Waals surface area contributed by atoms with Gasteiger partial charge in [-0.1, -0.05) is 0 Å². The number of nitrogens with one attached hydrogen (secondary N) is 1. The third kappa shape index (κ3) is 3.90. The van der Waals surface area contributed by atoms with Gasteiger partial charge in [0.25, 0.3) is 0 Å². The van der Waals surface area contributed by atoms with Crippen LogP contribution in [0.1, 0.15) is 19.7 Å². The molecular weight excluding hydrogens is 222 g/mol. The van der Waals surface area contributed by atoms with E-state index < -0.39 is 6.04 Å². The standard InChI is InChI=1S/C11H17N3O3/c1-5-17-10-6-9(13-8(3)14-10)12-7(2)11(15)16-4/h6-7H,5H2,1-4H3,(H,12,13,14). The number of rotatable bonds is 5. The summed E-state index contributed by atoms with van der Waals surface area (Å²) in [4.78, 5) is 19.5. The van der Waals surface area contributed by atoms with Crippen molar-refractivity contribution in [1.29, 1.82) is 0 Å². The highest BCUT2D eigenvalue weighted by molar-refractivity contribution is 5.78. The molecule has 0 amide bonds. The van der Waals surface area contributed by atoms with Crippen molar-refractivity contribution < 1.29 is 14.3 Å². The molecule has 0 radical (unpaired) electrons. The average molecular weight is 239 g/mol. The van der Waals surface area contributed by atoms with Gasteiger partial charge in [-0.3, -0.25) is 0 Å². The molecule has 0 aliphatic carbocycles. The molecule has 6 nitrogen and oxygen atoms in total. The number of aryl methyl sites for hydroxylation is 1. The van der Waals surface area contributed by atoms with Gasteiger partial charge in [0.1, 0.15) is 17.7 Å². The Morgan fingerprint density at radius 2 is 2.24 bits per heavy atom. The molecule has 0 aromatic carbocycles. The zero-order chi connectivity index (χ0) is 12.8. The molecule has 0 fully saturated rings. The Bertz CT molecular complexity index is 396. The summed E-state index contributed by atoms with van der Waals surface area (Å²) in [5.74, 6) is 1.26. The van der Waals surface area contributed by atoms with Gasteiger partial charge in [-0.25, -0.2) is 9.78 Å². The molecule has 0 saturated heterocycles. The maximum atomic E-state index is 11.3. The van der Waals surface area contributed by atoms with Gasteiger partial charge in [0.15, 0.2) is 0 Å². The molecule has 17 heavy (non-hydrogen) atoms. The molecule has 1 heterocycles. The maximum absolute atomic E-state index is 11.3. The number of hydrogen-bond donors (Lipinski definition) is 1. The van der Waals surface area contributed by atoms with Crippen LogP contribution >= 0.6 is 0 Å². The third-order valence-corrected chi connectivity index (χ3v) is 2.03. The lowest BCUT2D eigenvalue weighted by Gasteiger charge is -2.13. The summed E-state index contributed by atoms with van der Waals surface area (Å²) in [6, 6.07) is 1.18. The van der Waals surface area contributed by atoms with Gasteiger partial charge >= 0.3 is 5.97 Å². The molecule has 1 aromatic heterocycles. The zero-order valence-corrected chi connectivity index (χ0v) is 10.5. The Hall–Kier alpha value is -1.85. The van der Waals surface area contributed by atoms with E-state index in [0.29, 0.717) is 24.1 Å². The quantitative estimate of drug-likeness (QED) is 0.777. The van der Waals surface area contributed by atoms with Crippen molar-refractivity contribution in [1.82, 2.24) is 9.97 Å². The molecule has 6 heteroatoms. The molecule has 0 aliphatic heterocycles. The topological polar surface area (TPSA) is 73.3 Å². The summed E-state index contributed by atoms with van der Waals surface area (Å²) in [7, 11) is 1.34. The van der Waals surface area contributed by atoms with E-state index in [1.165, 1.54) is 7.11 Å². The highest BCUT2D eigenvalue weighted by atomic mass is 16.5. The number of methoxy groups -OCH3 is 1. The molecule has 0 spiro atoms. The fourth-order valence-electron chi connectivity index (χ4n) is 1.29. The van der Waals surface area contributed by atoms with E-state index >= 15 is 0 Å². The van der Waals surface area contributed by atoms with Crippen molar-refractivity contribution in [3.8, 4) is 5.88 Å². The van der Waals surface area contributed by atoms with E-state index in [9.17, 15) is 4.79 Å². The summed E-state index contributed by atoms with van der Waals surface area (Å²) in [6.07, 6.45) is 0. The number of ether oxygens (including phenoxy) is 2. The maximum Gasteiger partial charge on any atom is 0.328 e. The van der Waals surface area contributed by atoms with Crippen LogP contribution in [0.5, 0.6) is 5.88 Å². The van der Waals surface area contributed by atoms with E-state index in [-0.39, 0.29) is 5.97 Å². The predicted octanol–water partition coefficient (Wildman–Crippen LogP) is 1.16. The van der Waals surface area contributed by atoms with Crippen LogP contribution < -0.4 is 10.1 Å². The second kappa shape index (κ2) is 6.03. The molecule has 1 rings (SSSR count). The van der Waals surface area contributed by atoms with Crippen LogP contribution in [0.2, 0.25) is 0 Å². The van der Waals surface area contributed by atoms with E-state index in [2.05, 4.69) is 20.0 Å². The monoisotopic (exact) mass is 239 g/mol. The van der Waals surface area contributed by atoms with Crippen LogP contribution in [-0.2, 0) is 9.53 Å². The minimum atomic E-state index is -0.469. The van der Waals surface area contributed by atoms with E-state index in [1.807, 2.05) is 6.92 Å². The average Bonchev–Trinajstić information content (AvgIpc) is 2.27. The number of esters is 1. The Morgan fingerprint density at radius 3 is 2.82 bits per heavy atom. The van der Waals surface area contributed by atoms with Gasteiger partial charge in [0, 0.05) is 6.07 Å². The molecular formula is C11H17N3O3. The van der Waals surface area contributed by atoms with Crippen molar-refractivity contribution in [3.05, 3.63) is 11.9 Å². The Labute approximate surface area is 100 Å². The largest absolute Gasteiger partial charge is 0.478 e. The number of carbonyl (C=O) groups excluding carboxylic acids is 1. The summed E-state index contributed by atoms with van der Waals surface area (Å²) in [5.41, 5.74) is 0. The lowest BCUT2D eigenvalue weighted by Crippen LogP contribution is -2.27. The molecule has 1 N–H and O–H groups in total. The second-order valence-corrected chi connectivity index (χ2v) is 3.46. The first-order chi connectivity index (χ1) is 8.06. The summed E-state index contributed by atoms with van der Waals surface area (Å²) in [5, 5.41) is 2.93. The van der Waals surface area contributed by atoms with Gasteiger partial charge in [0.05, 0.1) is 13.7 Å². The number of aromatic nitrogens is 2. The van der Waals surface area contributed by atoms with Crippen LogP contribution in [0.25, 0.3) is 0 Å². The number of nitrogens with zero attached hydrogens (tertiary/aromatic N) is 2. The van der Waals surface area contributed by atoms with Gasteiger partial charge in [0.2, 0.25) is 5.88 Å². The first kappa shape index (κ1) is 13.2. The highest BCUT2D eigenvalue weighted by Gasteiger charge is 2.14. The normalized spacial score (nSPS) is 11.8. The van der Waals surface area contributed by atoms with Gasteiger partial charge in [-0.05, 0) is 20.8 Å². The van der Waals surface area contributed by atoms with Crippen molar-refractivity contribution in [2.24, 2.45) is 0 Å². The number of anilines is 1. The predicted molar refractivity (Wildman–Crippen MR) is 63.0 cm³/mol. The van der Waals surface area contributed by atoms with Crippen molar-refractivity contribution in [3.63, 3.8) is 0 Å². The summed E-state index contributed by atoms with van der Waals surface area (Å²) >= 11 is 0. The fourth-order valence-corrected chi connectivity index (χ4v) is 1.29. The molecule has 0 aliphatic rings. The van der Waals surface area contributed by atoms with Crippen LogP contribution in [-0.4, -0.2) is 35.7 Å². The lowest BCUT2D eigenvalue weighted by molar-refractivity contribution is -0.141. The van der Waals surface area contributed by atoms with E-state index in [4.69, 9.17) is 4.74 Å². The summed E-state index contributed by atoms with van der Waals surface area (Å²) < 4.78 is 9.90. The molecule has 94 valence electrons. The van der Waals surface area contributed by atoms with Crippen molar-refractivity contribution >= 4 is 11.8 Å². The molecule has 0 saturated carbocycles. The zero-order valence-electron chi connectivity index (χ0n) is 10.5. The van der Waals surface area contributed by atoms with Gasteiger partial charge < -0.3 is 14.8 Å². The Kier molecular flexibility index (Phi) is 4.68. The van der Waals surface area contributed by atoms with Crippen LogP contribution in [0.4, 0.5) is 5.82 Å². The molecule has 1 unspecified atom stereocenters. The molecule has 1 aromatic rings. The van der Waals surface area contributed by atoms with Crippen LogP contribution in [0.3, 0.4) is 0 Å².